The maximum atomic E-state index is 11.7. The van der Waals surface area contributed by atoms with Crippen LogP contribution >= 0.6 is 23.2 Å². The zero-order valence-electron chi connectivity index (χ0n) is 14.4. The number of aliphatic carboxylic acids is 1. The lowest BCUT2D eigenvalue weighted by Crippen LogP contribution is -2.17. The van der Waals surface area contributed by atoms with Crippen LogP contribution in [0, 0.1) is 5.92 Å². The molecule has 5 nitrogen and oxygen atoms in total. The van der Waals surface area contributed by atoms with Gasteiger partial charge in [0.1, 0.15) is 5.75 Å². The molecule has 138 valence electrons. The van der Waals surface area contributed by atoms with E-state index in [1.807, 2.05) is 13.8 Å². The summed E-state index contributed by atoms with van der Waals surface area (Å²) in [5.74, 6) is -0.256. The Morgan fingerprint density at radius 3 is 2.19 bits per heavy atom. The Balaban J connectivity index is 2.10. The lowest BCUT2D eigenvalue weighted by atomic mass is 10.1. The van der Waals surface area contributed by atoms with Crippen molar-refractivity contribution in [2.45, 2.75) is 26.7 Å². The molecule has 0 heterocycles. The molecule has 0 spiro atoms. The normalized spacial score (nSPS) is 10.7. The maximum absolute atomic E-state index is 11.7. The van der Waals surface area contributed by atoms with Crippen LogP contribution in [-0.4, -0.2) is 17.0 Å². The molecule has 0 saturated heterocycles. The highest BCUT2D eigenvalue weighted by Gasteiger charge is 2.12. The van der Waals surface area contributed by atoms with Gasteiger partial charge in [0.2, 0.25) is 5.91 Å². The largest absolute Gasteiger partial charge is 0.481 e. The van der Waals surface area contributed by atoms with Gasteiger partial charge in [-0.1, -0.05) is 37.0 Å². The second kappa shape index (κ2) is 8.92. The molecule has 7 heteroatoms. The fraction of sp³-hybridized carbons (Fsp3) is 0.263. The summed E-state index contributed by atoms with van der Waals surface area (Å²) in [5.41, 5.74) is 1.39. The molecule has 2 aromatic carbocycles. The Hall–Kier alpha value is -2.24. The number of nitrogens with one attached hydrogen (secondary N) is 1. The molecule has 0 aliphatic heterocycles. The van der Waals surface area contributed by atoms with Crippen molar-refractivity contribution in [1.29, 1.82) is 0 Å². The van der Waals surface area contributed by atoms with Crippen molar-refractivity contribution in [3.63, 3.8) is 0 Å². The number of carbonyl (C=O) groups is 2. The summed E-state index contributed by atoms with van der Waals surface area (Å²) in [5, 5.41) is 12.1. The smallest absolute Gasteiger partial charge is 0.303 e. The maximum Gasteiger partial charge on any atom is 0.303 e. The topological polar surface area (TPSA) is 75.6 Å². The molecule has 0 atom stereocenters. The zero-order valence-corrected chi connectivity index (χ0v) is 15.9. The number of carbonyl (C=O) groups excluding carboxylic acids is 1. The number of hydrogen-bond acceptors (Lipinski definition) is 3. The Morgan fingerprint density at radius 2 is 1.69 bits per heavy atom. The molecular weight excluding hydrogens is 377 g/mol. The molecule has 0 aliphatic carbocycles. The second-order valence-electron chi connectivity index (χ2n) is 6.05. The SMILES string of the molecule is CC(C)C(=O)Nc1ccc(Oc2c(Cl)cc(CCC(=O)O)cc2Cl)cc1. The summed E-state index contributed by atoms with van der Waals surface area (Å²) in [4.78, 5) is 22.4. The standard InChI is InChI=1S/C19H19Cl2NO4/c1-11(2)19(25)22-13-4-6-14(7-5-13)26-18-15(20)9-12(10-16(18)21)3-8-17(23)24/h4-7,9-11H,3,8H2,1-2H3,(H,22,25)(H,23,24). The van der Waals surface area contributed by atoms with Crippen molar-refractivity contribution in [3.05, 3.63) is 52.0 Å². The molecular formula is C19H19Cl2NO4. The lowest BCUT2D eigenvalue weighted by Gasteiger charge is -2.12. The van der Waals surface area contributed by atoms with Crippen molar-refractivity contribution in [3.8, 4) is 11.5 Å². The Morgan fingerprint density at radius 1 is 1.12 bits per heavy atom. The molecule has 0 aliphatic rings. The average Bonchev–Trinajstić information content (AvgIpc) is 2.57. The molecule has 2 N–H and O–H groups in total. The molecule has 26 heavy (non-hydrogen) atoms. The summed E-state index contributed by atoms with van der Waals surface area (Å²) >= 11 is 12.4. The van der Waals surface area contributed by atoms with Crippen LogP contribution in [0.15, 0.2) is 36.4 Å². The van der Waals surface area contributed by atoms with Crippen LogP contribution in [0.4, 0.5) is 5.69 Å². The number of amides is 1. The molecule has 2 aromatic rings. The molecule has 0 fully saturated rings. The minimum atomic E-state index is -0.887. The summed E-state index contributed by atoms with van der Waals surface area (Å²) in [6, 6.07) is 10.1. The number of halogens is 2. The van der Waals surface area contributed by atoms with Crippen molar-refractivity contribution in [2.75, 3.05) is 5.32 Å². The first kappa shape index (κ1) is 20.1. The third-order valence-electron chi connectivity index (χ3n) is 3.55. The van der Waals surface area contributed by atoms with Gasteiger partial charge in [-0.05, 0) is 48.4 Å². The Bertz CT molecular complexity index is 781. The molecule has 0 radical (unpaired) electrons. The Kier molecular flexibility index (Phi) is 6.89. The van der Waals surface area contributed by atoms with E-state index in [4.69, 9.17) is 33.0 Å². The van der Waals surface area contributed by atoms with Gasteiger partial charge in [0, 0.05) is 18.0 Å². The predicted octanol–water partition coefficient (Wildman–Crippen LogP) is 5.40. The van der Waals surface area contributed by atoms with Crippen LogP contribution in [0.3, 0.4) is 0 Å². The number of hydrogen-bond donors (Lipinski definition) is 2. The number of anilines is 1. The van der Waals surface area contributed by atoms with E-state index in [1.54, 1.807) is 36.4 Å². The van der Waals surface area contributed by atoms with Crippen LogP contribution in [0.2, 0.25) is 10.0 Å². The van der Waals surface area contributed by atoms with Gasteiger partial charge in [-0.2, -0.15) is 0 Å². The molecule has 0 unspecified atom stereocenters. The van der Waals surface area contributed by atoms with Gasteiger partial charge in [0.25, 0.3) is 0 Å². The van der Waals surface area contributed by atoms with Gasteiger partial charge in [0.15, 0.2) is 5.75 Å². The molecule has 0 saturated carbocycles. The highest BCUT2D eigenvalue weighted by atomic mass is 35.5. The van der Waals surface area contributed by atoms with Crippen LogP contribution < -0.4 is 10.1 Å². The highest BCUT2D eigenvalue weighted by molar-refractivity contribution is 6.37. The molecule has 1 amide bonds. The minimum Gasteiger partial charge on any atom is -0.481 e. The van der Waals surface area contributed by atoms with E-state index in [0.717, 1.165) is 5.56 Å². The van der Waals surface area contributed by atoms with E-state index in [2.05, 4.69) is 5.32 Å². The first-order valence-electron chi connectivity index (χ1n) is 8.04. The fourth-order valence-corrected chi connectivity index (χ4v) is 2.73. The first-order chi connectivity index (χ1) is 12.3. The van der Waals surface area contributed by atoms with E-state index in [-0.39, 0.29) is 18.2 Å². The second-order valence-corrected chi connectivity index (χ2v) is 6.87. The summed E-state index contributed by atoms with van der Waals surface area (Å²) < 4.78 is 5.74. The van der Waals surface area contributed by atoms with Gasteiger partial charge in [-0.15, -0.1) is 0 Å². The van der Waals surface area contributed by atoms with Gasteiger partial charge in [0.05, 0.1) is 10.0 Å². The first-order valence-corrected chi connectivity index (χ1v) is 8.80. The van der Waals surface area contributed by atoms with Crippen LogP contribution in [0.25, 0.3) is 0 Å². The zero-order chi connectivity index (χ0) is 19.3. The number of carboxylic acids is 1. The predicted molar refractivity (Wildman–Crippen MR) is 102 cm³/mol. The van der Waals surface area contributed by atoms with Crippen molar-refractivity contribution >= 4 is 40.8 Å². The Labute approximate surface area is 161 Å². The fourth-order valence-electron chi connectivity index (χ4n) is 2.12. The summed E-state index contributed by atoms with van der Waals surface area (Å²) in [6.07, 6.45) is 0.329. The van der Waals surface area contributed by atoms with Gasteiger partial charge in [-0.25, -0.2) is 0 Å². The van der Waals surface area contributed by atoms with Crippen LogP contribution in [-0.2, 0) is 16.0 Å². The molecule has 0 bridgehead atoms. The van der Waals surface area contributed by atoms with Crippen molar-refractivity contribution < 1.29 is 19.4 Å². The quantitative estimate of drug-likeness (QED) is 0.657. The van der Waals surface area contributed by atoms with E-state index < -0.39 is 5.97 Å². The number of benzene rings is 2. The number of carboxylic acid groups (broad SMARTS) is 1. The highest BCUT2D eigenvalue weighted by Crippen LogP contribution is 2.37. The van der Waals surface area contributed by atoms with Crippen LogP contribution in [0.1, 0.15) is 25.8 Å². The van der Waals surface area contributed by atoms with E-state index in [0.29, 0.717) is 33.7 Å². The van der Waals surface area contributed by atoms with Crippen LogP contribution in [0.5, 0.6) is 11.5 Å². The number of ether oxygens (including phenoxy) is 1. The lowest BCUT2D eigenvalue weighted by molar-refractivity contribution is -0.137. The average molecular weight is 396 g/mol. The van der Waals surface area contributed by atoms with Gasteiger partial charge in [-0.3, -0.25) is 9.59 Å². The molecule has 0 aromatic heterocycles. The van der Waals surface area contributed by atoms with E-state index >= 15 is 0 Å². The summed E-state index contributed by atoms with van der Waals surface area (Å²) in [7, 11) is 0. The molecule has 2 rings (SSSR count). The third kappa shape index (κ3) is 5.64. The van der Waals surface area contributed by atoms with E-state index in [1.165, 1.54) is 0 Å². The summed E-state index contributed by atoms with van der Waals surface area (Å²) in [6.45, 7) is 3.63. The minimum absolute atomic E-state index is 0.00355. The number of aryl methyl sites for hydroxylation is 1. The van der Waals surface area contributed by atoms with Crippen molar-refractivity contribution in [2.24, 2.45) is 5.92 Å². The van der Waals surface area contributed by atoms with Gasteiger partial charge < -0.3 is 15.2 Å². The van der Waals surface area contributed by atoms with E-state index in [9.17, 15) is 9.59 Å². The van der Waals surface area contributed by atoms with Gasteiger partial charge >= 0.3 is 5.97 Å². The number of rotatable bonds is 7. The third-order valence-corrected chi connectivity index (χ3v) is 4.11. The van der Waals surface area contributed by atoms with Crippen molar-refractivity contribution in [1.82, 2.24) is 0 Å². The monoisotopic (exact) mass is 395 g/mol.